The Morgan fingerprint density at radius 3 is 2.84 bits per heavy atom. The van der Waals surface area contributed by atoms with E-state index in [2.05, 4.69) is 27.8 Å². The average Bonchev–Trinajstić information content (AvgIpc) is 2.81. The van der Waals surface area contributed by atoms with Crippen LogP contribution in [-0.4, -0.2) is 28.9 Å². The van der Waals surface area contributed by atoms with E-state index < -0.39 is 0 Å². The number of halogens is 1. The minimum atomic E-state index is 0.145. The Morgan fingerprint density at radius 2 is 2.11 bits per heavy atom. The van der Waals surface area contributed by atoms with Crippen molar-refractivity contribution in [1.29, 1.82) is 0 Å². The fourth-order valence-electron chi connectivity index (χ4n) is 2.68. The van der Waals surface area contributed by atoms with Crippen molar-refractivity contribution in [1.82, 2.24) is 9.88 Å². The van der Waals surface area contributed by atoms with E-state index in [4.69, 9.17) is 0 Å². The monoisotopic (exact) mass is 320 g/mol. The number of amides is 1. The number of H-pyrrole nitrogens is 1. The number of para-hydroxylation sites is 1. The first-order valence-corrected chi connectivity index (χ1v) is 7.51. The molecule has 1 aliphatic rings. The summed E-state index contributed by atoms with van der Waals surface area (Å²) in [6, 6.07) is 5.87. The standard InChI is InChI=1S/C15H17BrN2O/c1-10-5-7-18(8-6-10)15(19)12-4-2-3-11-13(16)9-17-14(11)12/h2-4,9-10,17H,5-8H2,1H3. The molecule has 1 amide bonds. The summed E-state index contributed by atoms with van der Waals surface area (Å²) in [5.74, 6) is 0.881. The maximum atomic E-state index is 12.6. The number of benzene rings is 1. The van der Waals surface area contributed by atoms with Gasteiger partial charge in [0.05, 0.1) is 11.1 Å². The number of hydrogen-bond acceptors (Lipinski definition) is 1. The van der Waals surface area contributed by atoms with Crippen LogP contribution in [0, 0.1) is 5.92 Å². The third-order valence-electron chi connectivity index (χ3n) is 3.97. The Morgan fingerprint density at radius 1 is 1.37 bits per heavy atom. The summed E-state index contributed by atoms with van der Waals surface area (Å²) < 4.78 is 1.00. The highest BCUT2D eigenvalue weighted by molar-refractivity contribution is 9.10. The van der Waals surface area contributed by atoms with Gasteiger partial charge in [-0.05, 0) is 40.8 Å². The number of aromatic nitrogens is 1. The van der Waals surface area contributed by atoms with Crippen molar-refractivity contribution in [3.63, 3.8) is 0 Å². The number of hydrogen-bond donors (Lipinski definition) is 1. The third kappa shape index (κ3) is 2.29. The number of carbonyl (C=O) groups is 1. The highest BCUT2D eigenvalue weighted by Crippen LogP contribution is 2.27. The Kier molecular flexibility index (Phi) is 3.35. The Balaban J connectivity index is 1.93. The van der Waals surface area contributed by atoms with Gasteiger partial charge in [0, 0.05) is 29.1 Å². The number of likely N-dealkylation sites (tertiary alicyclic amines) is 1. The lowest BCUT2D eigenvalue weighted by Crippen LogP contribution is -2.38. The minimum Gasteiger partial charge on any atom is -0.359 e. The molecule has 19 heavy (non-hydrogen) atoms. The van der Waals surface area contributed by atoms with E-state index in [1.807, 2.05) is 29.3 Å². The Bertz CT molecular complexity index is 612. The molecular formula is C15H17BrN2O. The quantitative estimate of drug-likeness (QED) is 0.852. The van der Waals surface area contributed by atoms with Crippen molar-refractivity contribution in [2.24, 2.45) is 5.92 Å². The first-order valence-electron chi connectivity index (χ1n) is 6.71. The van der Waals surface area contributed by atoms with E-state index in [9.17, 15) is 4.79 Å². The molecule has 100 valence electrons. The van der Waals surface area contributed by atoms with Gasteiger partial charge in [-0.25, -0.2) is 0 Å². The van der Waals surface area contributed by atoms with Crippen molar-refractivity contribution in [3.8, 4) is 0 Å². The summed E-state index contributed by atoms with van der Waals surface area (Å²) in [4.78, 5) is 17.8. The molecule has 0 spiro atoms. The molecule has 4 heteroatoms. The first kappa shape index (κ1) is 12.7. The molecule has 1 aromatic carbocycles. The van der Waals surface area contributed by atoms with Crippen molar-refractivity contribution < 1.29 is 4.79 Å². The van der Waals surface area contributed by atoms with E-state index in [1.54, 1.807) is 0 Å². The fourth-order valence-corrected chi connectivity index (χ4v) is 3.13. The molecule has 0 saturated carbocycles. The molecule has 1 aliphatic heterocycles. The second-order valence-electron chi connectivity index (χ2n) is 5.34. The Hall–Kier alpha value is -1.29. The second kappa shape index (κ2) is 5.00. The van der Waals surface area contributed by atoms with Gasteiger partial charge in [-0.3, -0.25) is 4.79 Å². The van der Waals surface area contributed by atoms with Crippen molar-refractivity contribution in [2.45, 2.75) is 19.8 Å². The van der Waals surface area contributed by atoms with Crippen LogP contribution in [-0.2, 0) is 0 Å². The van der Waals surface area contributed by atoms with Crippen LogP contribution in [0.5, 0.6) is 0 Å². The normalized spacial score (nSPS) is 17.1. The molecule has 1 fully saturated rings. The highest BCUT2D eigenvalue weighted by atomic mass is 79.9. The maximum absolute atomic E-state index is 12.6. The van der Waals surface area contributed by atoms with Gasteiger partial charge in [-0.2, -0.15) is 0 Å². The van der Waals surface area contributed by atoms with Gasteiger partial charge in [-0.1, -0.05) is 19.1 Å². The summed E-state index contributed by atoms with van der Waals surface area (Å²) in [5.41, 5.74) is 1.70. The fraction of sp³-hybridized carbons (Fsp3) is 0.400. The lowest BCUT2D eigenvalue weighted by atomic mass is 9.98. The third-order valence-corrected chi connectivity index (χ3v) is 4.62. The molecular weight excluding hydrogens is 304 g/mol. The van der Waals surface area contributed by atoms with Crippen LogP contribution >= 0.6 is 15.9 Å². The zero-order chi connectivity index (χ0) is 13.4. The number of carbonyl (C=O) groups excluding carboxylic acids is 1. The van der Waals surface area contributed by atoms with E-state index >= 15 is 0 Å². The molecule has 0 unspecified atom stereocenters. The van der Waals surface area contributed by atoms with E-state index in [1.165, 1.54) is 0 Å². The van der Waals surface area contributed by atoms with Gasteiger partial charge in [-0.15, -0.1) is 0 Å². The molecule has 3 rings (SSSR count). The van der Waals surface area contributed by atoms with Crippen LogP contribution in [0.15, 0.2) is 28.9 Å². The number of piperidine rings is 1. The van der Waals surface area contributed by atoms with Gasteiger partial charge in [0.25, 0.3) is 5.91 Å². The lowest BCUT2D eigenvalue weighted by Gasteiger charge is -2.30. The predicted octanol–water partition coefficient (Wildman–Crippen LogP) is 3.80. The van der Waals surface area contributed by atoms with Gasteiger partial charge >= 0.3 is 0 Å². The second-order valence-corrected chi connectivity index (χ2v) is 6.19. The van der Waals surface area contributed by atoms with E-state index in [0.29, 0.717) is 0 Å². The molecule has 3 nitrogen and oxygen atoms in total. The number of rotatable bonds is 1. The predicted molar refractivity (Wildman–Crippen MR) is 80.3 cm³/mol. The van der Waals surface area contributed by atoms with Gasteiger partial charge < -0.3 is 9.88 Å². The molecule has 0 radical (unpaired) electrons. The van der Waals surface area contributed by atoms with Crippen LogP contribution in [0.4, 0.5) is 0 Å². The van der Waals surface area contributed by atoms with Crippen LogP contribution in [0.1, 0.15) is 30.1 Å². The van der Waals surface area contributed by atoms with Crippen molar-refractivity contribution in [3.05, 3.63) is 34.4 Å². The van der Waals surface area contributed by atoms with Crippen molar-refractivity contribution in [2.75, 3.05) is 13.1 Å². The maximum Gasteiger partial charge on any atom is 0.255 e. The largest absolute Gasteiger partial charge is 0.359 e. The highest BCUT2D eigenvalue weighted by Gasteiger charge is 2.23. The molecule has 1 saturated heterocycles. The number of fused-ring (bicyclic) bond motifs is 1. The van der Waals surface area contributed by atoms with Gasteiger partial charge in [0.2, 0.25) is 0 Å². The van der Waals surface area contributed by atoms with Crippen LogP contribution in [0.2, 0.25) is 0 Å². The number of nitrogens with one attached hydrogen (secondary N) is 1. The molecule has 2 heterocycles. The molecule has 1 aromatic heterocycles. The molecule has 1 N–H and O–H groups in total. The van der Waals surface area contributed by atoms with E-state index in [-0.39, 0.29) is 5.91 Å². The summed E-state index contributed by atoms with van der Waals surface area (Å²) in [6.45, 7) is 4.00. The summed E-state index contributed by atoms with van der Waals surface area (Å²) in [5, 5.41) is 1.07. The van der Waals surface area contributed by atoms with Gasteiger partial charge in [0.1, 0.15) is 0 Å². The van der Waals surface area contributed by atoms with Crippen LogP contribution < -0.4 is 0 Å². The topological polar surface area (TPSA) is 36.1 Å². The first-order chi connectivity index (χ1) is 9.16. The van der Waals surface area contributed by atoms with Crippen molar-refractivity contribution >= 4 is 32.7 Å². The molecule has 0 bridgehead atoms. The Labute approximate surface area is 121 Å². The summed E-state index contributed by atoms with van der Waals surface area (Å²) in [6.07, 6.45) is 4.10. The van der Waals surface area contributed by atoms with Gasteiger partial charge in [0.15, 0.2) is 0 Å². The number of nitrogens with zero attached hydrogens (tertiary/aromatic N) is 1. The zero-order valence-corrected chi connectivity index (χ0v) is 12.5. The summed E-state index contributed by atoms with van der Waals surface area (Å²) in [7, 11) is 0. The SMILES string of the molecule is CC1CCN(C(=O)c2cccc3c(Br)c[nH]c23)CC1. The van der Waals surface area contributed by atoms with E-state index in [0.717, 1.165) is 52.8 Å². The molecule has 0 atom stereocenters. The lowest BCUT2D eigenvalue weighted by molar-refractivity contribution is 0.0699. The molecule has 2 aromatic rings. The summed E-state index contributed by atoms with van der Waals surface area (Å²) >= 11 is 3.50. The molecule has 0 aliphatic carbocycles. The van der Waals surface area contributed by atoms with Crippen LogP contribution in [0.25, 0.3) is 10.9 Å². The average molecular weight is 321 g/mol. The smallest absolute Gasteiger partial charge is 0.255 e. The minimum absolute atomic E-state index is 0.145. The van der Waals surface area contributed by atoms with Crippen LogP contribution in [0.3, 0.4) is 0 Å². The zero-order valence-electron chi connectivity index (χ0n) is 10.9. The number of aromatic amines is 1.